The van der Waals surface area contributed by atoms with Crippen molar-refractivity contribution in [3.05, 3.63) is 35.1 Å². The van der Waals surface area contributed by atoms with Crippen LogP contribution in [0.15, 0.2) is 18.2 Å². The molecule has 1 N–H and O–H groups in total. The maximum Gasteiger partial charge on any atom is 0.123 e. The molecular weight excluding hydrogens is 303 g/mol. The first-order valence-corrected chi connectivity index (χ1v) is 9.43. The number of halogens is 1. The van der Waals surface area contributed by atoms with Gasteiger partial charge in [0.2, 0.25) is 0 Å². The second-order valence-electron chi connectivity index (χ2n) is 7.77. The summed E-state index contributed by atoms with van der Waals surface area (Å²) < 4.78 is 13.2. The zero-order valence-corrected chi connectivity index (χ0v) is 15.0. The third-order valence-electron chi connectivity index (χ3n) is 5.93. The van der Waals surface area contributed by atoms with E-state index in [1.807, 2.05) is 6.92 Å². The number of hydrogen-bond acceptors (Lipinski definition) is 3. The van der Waals surface area contributed by atoms with Crippen LogP contribution >= 0.6 is 0 Å². The van der Waals surface area contributed by atoms with Crippen molar-refractivity contribution in [3.8, 4) is 0 Å². The number of benzene rings is 1. The lowest BCUT2D eigenvalue weighted by Gasteiger charge is -2.42. The molecule has 4 heteroatoms. The molecule has 0 bridgehead atoms. The Hall–Kier alpha value is -0.970. The van der Waals surface area contributed by atoms with Crippen LogP contribution in [0.25, 0.3) is 0 Å². The minimum absolute atomic E-state index is 0.237. The number of β-amino-alcohol motifs (C(OH)–C–C–N with tert-alkyl or cyclic N) is 1. The molecule has 3 rings (SSSR count). The van der Waals surface area contributed by atoms with Crippen LogP contribution in [0.1, 0.15) is 49.8 Å². The second-order valence-corrected chi connectivity index (χ2v) is 7.77. The first-order valence-electron chi connectivity index (χ1n) is 9.43. The summed E-state index contributed by atoms with van der Waals surface area (Å²) in [4.78, 5) is 4.99. The minimum atomic E-state index is -0.535. The van der Waals surface area contributed by atoms with Gasteiger partial charge in [-0.2, -0.15) is 0 Å². The van der Waals surface area contributed by atoms with Crippen LogP contribution < -0.4 is 0 Å². The molecule has 0 aromatic heterocycles. The fourth-order valence-electron chi connectivity index (χ4n) is 4.27. The van der Waals surface area contributed by atoms with E-state index in [0.717, 1.165) is 49.3 Å². The minimum Gasteiger partial charge on any atom is -0.387 e. The van der Waals surface area contributed by atoms with Crippen LogP contribution in [-0.4, -0.2) is 53.7 Å². The van der Waals surface area contributed by atoms with Crippen LogP contribution in [0.5, 0.6) is 0 Å². The van der Waals surface area contributed by atoms with E-state index in [-0.39, 0.29) is 5.82 Å². The number of hydrogen-bond donors (Lipinski definition) is 1. The van der Waals surface area contributed by atoms with Gasteiger partial charge in [-0.05, 0) is 61.8 Å². The monoisotopic (exact) mass is 334 g/mol. The predicted octanol–water partition coefficient (Wildman–Crippen LogP) is 3.36. The molecule has 24 heavy (non-hydrogen) atoms. The molecule has 1 unspecified atom stereocenters. The highest BCUT2D eigenvalue weighted by Crippen LogP contribution is 2.28. The third kappa shape index (κ3) is 4.35. The van der Waals surface area contributed by atoms with Gasteiger partial charge in [-0.25, -0.2) is 4.39 Å². The van der Waals surface area contributed by atoms with Crippen LogP contribution in [0.4, 0.5) is 4.39 Å². The Labute approximate surface area is 145 Å². The zero-order chi connectivity index (χ0) is 17.1. The molecule has 1 saturated carbocycles. The average molecular weight is 334 g/mol. The molecule has 1 aromatic carbocycles. The third-order valence-corrected chi connectivity index (χ3v) is 5.93. The molecular formula is C20H31FN2O. The molecule has 0 radical (unpaired) electrons. The fraction of sp³-hybridized carbons (Fsp3) is 0.700. The van der Waals surface area contributed by atoms with Gasteiger partial charge in [0, 0.05) is 38.8 Å². The molecule has 1 atom stereocenters. The van der Waals surface area contributed by atoms with Crippen molar-refractivity contribution in [2.75, 3.05) is 32.7 Å². The van der Waals surface area contributed by atoms with Gasteiger partial charge in [0.1, 0.15) is 5.82 Å². The van der Waals surface area contributed by atoms with E-state index in [0.29, 0.717) is 6.54 Å². The van der Waals surface area contributed by atoms with Crippen molar-refractivity contribution in [1.29, 1.82) is 0 Å². The molecule has 0 amide bonds. The van der Waals surface area contributed by atoms with Crippen molar-refractivity contribution in [1.82, 2.24) is 9.80 Å². The lowest BCUT2D eigenvalue weighted by atomic mass is 9.86. The van der Waals surface area contributed by atoms with E-state index in [1.54, 1.807) is 6.07 Å². The summed E-state index contributed by atoms with van der Waals surface area (Å²) in [7, 11) is 0. The van der Waals surface area contributed by atoms with E-state index >= 15 is 0 Å². The SMILES string of the molecule is Cc1cc(F)ccc1C(O)CN1CCN(C2CCC(C)CC2)CC1. The molecule has 1 saturated heterocycles. The van der Waals surface area contributed by atoms with E-state index in [9.17, 15) is 9.50 Å². The molecule has 0 spiro atoms. The Bertz CT molecular complexity index is 534. The van der Waals surface area contributed by atoms with E-state index < -0.39 is 6.10 Å². The van der Waals surface area contributed by atoms with Gasteiger partial charge in [0.25, 0.3) is 0 Å². The highest BCUT2D eigenvalue weighted by Gasteiger charge is 2.27. The van der Waals surface area contributed by atoms with Gasteiger partial charge in [0.05, 0.1) is 6.10 Å². The normalized spacial score (nSPS) is 28.0. The fourth-order valence-corrected chi connectivity index (χ4v) is 4.27. The maximum absolute atomic E-state index is 13.2. The Morgan fingerprint density at radius 2 is 1.79 bits per heavy atom. The summed E-state index contributed by atoms with van der Waals surface area (Å²) in [6, 6.07) is 5.43. The lowest BCUT2D eigenvalue weighted by Crippen LogP contribution is -2.51. The summed E-state index contributed by atoms with van der Waals surface area (Å²) in [6.45, 7) is 9.12. The Kier molecular flexibility index (Phi) is 5.90. The van der Waals surface area contributed by atoms with Gasteiger partial charge in [-0.3, -0.25) is 9.80 Å². The van der Waals surface area contributed by atoms with Crippen LogP contribution in [0, 0.1) is 18.7 Å². The summed E-state index contributed by atoms with van der Waals surface area (Å²) in [5, 5.41) is 10.5. The molecule has 1 aliphatic heterocycles. The summed E-state index contributed by atoms with van der Waals surface area (Å²) in [5.74, 6) is 0.662. The second kappa shape index (κ2) is 7.94. The van der Waals surface area contributed by atoms with Crippen LogP contribution in [0.3, 0.4) is 0 Å². The van der Waals surface area contributed by atoms with Gasteiger partial charge >= 0.3 is 0 Å². The van der Waals surface area contributed by atoms with E-state index in [1.165, 1.54) is 37.8 Å². The molecule has 3 nitrogen and oxygen atoms in total. The predicted molar refractivity (Wildman–Crippen MR) is 95.5 cm³/mol. The number of rotatable bonds is 4. The number of piperazine rings is 1. The summed E-state index contributed by atoms with van der Waals surface area (Å²) >= 11 is 0. The quantitative estimate of drug-likeness (QED) is 0.914. The van der Waals surface area contributed by atoms with Crippen molar-refractivity contribution in [2.24, 2.45) is 5.92 Å². The smallest absolute Gasteiger partial charge is 0.123 e. The highest BCUT2D eigenvalue weighted by molar-refractivity contribution is 5.28. The Morgan fingerprint density at radius 1 is 1.12 bits per heavy atom. The largest absolute Gasteiger partial charge is 0.387 e. The maximum atomic E-state index is 13.2. The summed E-state index contributed by atoms with van der Waals surface area (Å²) in [5.41, 5.74) is 1.68. The van der Waals surface area contributed by atoms with E-state index in [2.05, 4.69) is 16.7 Å². The first kappa shape index (κ1) is 17.8. The van der Waals surface area contributed by atoms with Crippen molar-refractivity contribution < 1.29 is 9.50 Å². The Balaban J connectivity index is 1.48. The summed E-state index contributed by atoms with van der Waals surface area (Å²) in [6.07, 6.45) is 4.89. The van der Waals surface area contributed by atoms with Crippen LogP contribution in [0.2, 0.25) is 0 Å². The molecule has 2 fully saturated rings. The number of aliphatic hydroxyl groups is 1. The van der Waals surface area contributed by atoms with Gasteiger partial charge in [-0.1, -0.05) is 13.0 Å². The molecule has 1 aliphatic carbocycles. The molecule has 134 valence electrons. The highest BCUT2D eigenvalue weighted by atomic mass is 19.1. The molecule has 1 heterocycles. The van der Waals surface area contributed by atoms with Gasteiger partial charge in [-0.15, -0.1) is 0 Å². The standard InChI is InChI=1S/C20H31FN2O/c1-15-3-6-18(7-4-15)23-11-9-22(10-12-23)14-20(24)19-8-5-17(21)13-16(19)2/h5,8,13,15,18,20,24H,3-4,6-7,9-12,14H2,1-2H3. The van der Waals surface area contributed by atoms with Gasteiger partial charge in [0.15, 0.2) is 0 Å². The first-order chi connectivity index (χ1) is 11.5. The Morgan fingerprint density at radius 3 is 2.42 bits per heavy atom. The lowest BCUT2D eigenvalue weighted by molar-refractivity contribution is 0.0437. The van der Waals surface area contributed by atoms with Crippen molar-refractivity contribution >= 4 is 0 Å². The van der Waals surface area contributed by atoms with Crippen LogP contribution in [-0.2, 0) is 0 Å². The topological polar surface area (TPSA) is 26.7 Å². The van der Waals surface area contributed by atoms with Crippen molar-refractivity contribution in [3.63, 3.8) is 0 Å². The number of aliphatic hydroxyl groups excluding tert-OH is 1. The molecule has 2 aliphatic rings. The zero-order valence-electron chi connectivity index (χ0n) is 15.0. The number of aryl methyl sites for hydroxylation is 1. The average Bonchev–Trinajstić information content (AvgIpc) is 2.56. The number of nitrogens with zero attached hydrogens (tertiary/aromatic N) is 2. The van der Waals surface area contributed by atoms with Gasteiger partial charge < -0.3 is 5.11 Å². The van der Waals surface area contributed by atoms with Crippen molar-refractivity contribution in [2.45, 2.75) is 51.7 Å². The van der Waals surface area contributed by atoms with E-state index in [4.69, 9.17) is 0 Å². The molecule has 1 aromatic rings.